The van der Waals surface area contributed by atoms with Crippen molar-refractivity contribution in [3.8, 4) is 0 Å². The molecule has 92 valence electrons. The second kappa shape index (κ2) is 4.02. The third-order valence-corrected chi connectivity index (χ3v) is 3.53. The number of hydrogen-bond donors (Lipinski definition) is 1. The van der Waals surface area contributed by atoms with Crippen LogP contribution in [0.1, 0.15) is 43.6 Å². The van der Waals surface area contributed by atoms with Crippen LogP contribution in [0.15, 0.2) is 12.3 Å². The van der Waals surface area contributed by atoms with E-state index in [-0.39, 0.29) is 11.4 Å². The molecule has 0 aliphatic carbocycles. The van der Waals surface area contributed by atoms with Crippen LogP contribution in [-0.4, -0.2) is 23.6 Å². The Bertz CT molecular complexity index is 455. The summed E-state index contributed by atoms with van der Waals surface area (Å²) in [5.74, 6) is 0.564. The third-order valence-electron chi connectivity index (χ3n) is 3.53. The molecule has 0 spiro atoms. The van der Waals surface area contributed by atoms with Gasteiger partial charge in [0.2, 0.25) is 0 Å². The summed E-state index contributed by atoms with van der Waals surface area (Å²) >= 11 is 0. The highest BCUT2D eigenvalue weighted by Crippen LogP contribution is 2.39. The Morgan fingerprint density at radius 1 is 1.59 bits per heavy atom. The minimum atomic E-state index is -0.307. The smallest absolute Gasteiger partial charge is 0.339 e. The first kappa shape index (κ1) is 11.9. The van der Waals surface area contributed by atoms with Crippen molar-refractivity contribution >= 4 is 11.8 Å². The van der Waals surface area contributed by atoms with E-state index in [1.54, 1.807) is 13.1 Å². The van der Waals surface area contributed by atoms with Crippen molar-refractivity contribution in [3.05, 3.63) is 23.4 Å². The quantitative estimate of drug-likeness (QED) is 0.798. The van der Waals surface area contributed by atoms with Gasteiger partial charge in [-0.05, 0) is 19.9 Å². The molecule has 1 aromatic rings. The Hall–Kier alpha value is -1.58. The highest BCUT2D eigenvalue weighted by Gasteiger charge is 2.37. The first-order valence-electron chi connectivity index (χ1n) is 5.91. The van der Waals surface area contributed by atoms with Crippen molar-refractivity contribution in [2.45, 2.75) is 39.2 Å². The third kappa shape index (κ3) is 1.88. The lowest BCUT2D eigenvalue weighted by Crippen LogP contribution is -2.30. The van der Waals surface area contributed by atoms with Crippen LogP contribution in [0.2, 0.25) is 0 Å². The number of hydrogen-bond acceptors (Lipinski definition) is 4. The Balaban J connectivity index is 2.39. The van der Waals surface area contributed by atoms with Gasteiger partial charge in [0, 0.05) is 23.2 Å². The molecule has 1 N–H and O–H groups in total. The van der Waals surface area contributed by atoms with Gasteiger partial charge in [-0.1, -0.05) is 13.8 Å². The summed E-state index contributed by atoms with van der Waals surface area (Å²) in [5.41, 5.74) is 1.58. The molecule has 17 heavy (non-hydrogen) atoms. The Morgan fingerprint density at radius 3 is 2.94 bits per heavy atom. The zero-order chi connectivity index (χ0) is 12.6. The molecule has 0 saturated heterocycles. The molecule has 2 rings (SSSR count). The molecule has 0 aromatic carbocycles. The fraction of sp³-hybridized carbons (Fsp3) is 0.538. The van der Waals surface area contributed by atoms with Crippen molar-refractivity contribution in [2.75, 3.05) is 11.9 Å². The SMILES string of the molecule is CCOC(=O)c1cnc2c(c1)C(C)(C)C(C)N2. The first-order chi connectivity index (χ1) is 7.96. The summed E-state index contributed by atoms with van der Waals surface area (Å²) in [6.07, 6.45) is 1.57. The van der Waals surface area contributed by atoms with E-state index in [4.69, 9.17) is 4.74 Å². The number of fused-ring (bicyclic) bond motifs is 1. The van der Waals surface area contributed by atoms with Crippen LogP contribution >= 0.6 is 0 Å². The summed E-state index contributed by atoms with van der Waals surface area (Å²) in [4.78, 5) is 16.0. The maximum Gasteiger partial charge on any atom is 0.339 e. The summed E-state index contributed by atoms with van der Waals surface area (Å²) in [6.45, 7) is 8.59. The molecular weight excluding hydrogens is 216 g/mol. The van der Waals surface area contributed by atoms with E-state index in [0.717, 1.165) is 11.4 Å². The molecule has 2 heterocycles. The number of anilines is 1. The molecule has 0 saturated carbocycles. The lowest BCUT2D eigenvalue weighted by molar-refractivity contribution is 0.0526. The number of esters is 1. The standard InChI is InChI=1S/C13H18N2O2/c1-5-17-12(16)9-6-10-11(14-7-9)15-8(2)13(10,3)4/h6-8H,5H2,1-4H3,(H,14,15). The lowest BCUT2D eigenvalue weighted by atomic mass is 9.82. The van der Waals surface area contributed by atoms with Gasteiger partial charge in [-0.25, -0.2) is 9.78 Å². The van der Waals surface area contributed by atoms with Crippen LogP contribution in [0.3, 0.4) is 0 Å². The van der Waals surface area contributed by atoms with Gasteiger partial charge in [0.15, 0.2) is 0 Å². The second-order valence-electron chi connectivity index (χ2n) is 4.93. The van der Waals surface area contributed by atoms with Crippen LogP contribution in [0, 0.1) is 0 Å². The predicted molar refractivity (Wildman–Crippen MR) is 66.3 cm³/mol. The molecule has 0 amide bonds. The van der Waals surface area contributed by atoms with Gasteiger partial charge in [-0.3, -0.25) is 0 Å². The first-order valence-corrected chi connectivity index (χ1v) is 5.91. The number of aromatic nitrogens is 1. The number of pyridine rings is 1. The average Bonchev–Trinajstić information content (AvgIpc) is 2.50. The topological polar surface area (TPSA) is 51.2 Å². The minimum Gasteiger partial charge on any atom is -0.462 e. The fourth-order valence-corrected chi connectivity index (χ4v) is 2.02. The molecule has 0 bridgehead atoms. The second-order valence-corrected chi connectivity index (χ2v) is 4.93. The van der Waals surface area contributed by atoms with E-state index in [0.29, 0.717) is 18.2 Å². The number of carbonyl (C=O) groups excluding carboxylic acids is 1. The summed E-state index contributed by atoms with van der Waals surface area (Å²) in [7, 11) is 0. The maximum absolute atomic E-state index is 11.7. The number of nitrogens with zero attached hydrogens (tertiary/aromatic N) is 1. The van der Waals surface area contributed by atoms with Crippen LogP contribution in [0.4, 0.5) is 5.82 Å². The number of ether oxygens (including phenoxy) is 1. The van der Waals surface area contributed by atoms with Gasteiger partial charge < -0.3 is 10.1 Å². The Labute approximate surface area is 101 Å². The molecule has 4 heteroatoms. The van der Waals surface area contributed by atoms with Crippen LogP contribution in [0.5, 0.6) is 0 Å². The van der Waals surface area contributed by atoms with Crippen molar-refractivity contribution in [1.82, 2.24) is 4.98 Å². The summed E-state index contributed by atoms with van der Waals surface area (Å²) in [5, 5.41) is 3.32. The van der Waals surface area contributed by atoms with Gasteiger partial charge in [-0.2, -0.15) is 0 Å². The molecule has 1 aliphatic rings. The average molecular weight is 234 g/mol. The lowest BCUT2D eigenvalue weighted by Gasteiger charge is -2.23. The van der Waals surface area contributed by atoms with E-state index in [2.05, 4.69) is 31.1 Å². The van der Waals surface area contributed by atoms with Crippen LogP contribution in [-0.2, 0) is 10.2 Å². The molecule has 1 unspecified atom stereocenters. The van der Waals surface area contributed by atoms with Crippen LogP contribution < -0.4 is 5.32 Å². The number of carbonyl (C=O) groups is 1. The van der Waals surface area contributed by atoms with Gasteiger partial charge in [0.05, 0.1) is 12.2 Å². The van der Waals surface area contributed by atoms with Crippen molar-refractivity contribution < 1.29 is 9.53 Å². The Morgan fingerprint density at radius 2 is 2.29 bits per heavy atom. The van der Waals surface area contributed by atoms with E-state index in [9.17, 15) is 4.79 Å². The number of rotatable bonds is 2. The molecular formula is C13H18N2O2. The molecule has 0 radical (unpaired) electrons. The normalized spacial score (nSPS) is 20.6. The molecule has 1 aliphatic heterocycles. The zero-order valence-electron chi connectivity index (χ0n) is 10.7. The molecule has 4 nitrogen and oxygen atoms in total. The largest absolute Gasteiger partial charge is 0.462 e. The molecule has 0 fully saturated rings. The highest BCUT2D eigenvalue weighted by atomic mass is 16.5. The monoisotopic (exact) mass is 234 g/mol. The summed E-state index contributed by atoms with van der Waals surface area (Å²) < 4.78 is 4.98. The van der Waals surface area contributed by atoms with Crippen molar-refractivity contribution in [3.63, 3.8) is 0 Å². The van der Waals surface area contributed by atoms with E-state index in [1.807, 2.05) is 6.07 Å². The minimum absolute atomic E-state index is 0.0230. The van der Waals surface area contributed by atoms with E-state index >= 15 is 0 Å². The zero-order valence-corrected chi connectivity index (χ0v) is 10.7. The van der Waals surface area contributed by atoms with Gasteiger partial charge >= 0.3 is 5.97 Å². The molecule has 1 aromatic heterocycles. The summed E-state index contributed by atoms with van der Waals surface area (Å²) in [6, 6.07) is 2.19. The van der Waals surface area contributed by atoms with E-state index in [1.165, 1.54) is 0 Å². The number of nitrogens with one attached hydrogen (secondary N) is 1. The molecule has 1 atom stereocenters. The fourth-order valence-electron chi connectivity index (χ4n) is 2.02. The van der Waals surface area contributed by atoms with Gasteiger partial charge in [0.1, 0.15) is 5.82 Å². The Kier molecular flexibility index (Phi) is 2.81. The predicted octanol–water partition coefficient (Wildman–Crippen LogP) is 2.35. The van der Waals surface area contributed by atoms with Gasteiger partial charge in [-0.15, -0.1) is 0 Å². The van der Waals surface area contributed by atoms with Crippen LogP contribution in [0.25, 0.3) is 0 Å². The maximum atomic E-state index is 11.7. The van der Waals surface area contributed by atoms with E-state index < -0.39 is 0 Å². The van der Waals surface area contributed by atoms with Crippen molar-refractivity contribution in [2.24, 2.45) is 0 Å². The highest BCUT2D eigenvalue weighted by molar-refractivity contribution is 5.90. The van der Waals surface area contributed by atoms with Crippen molar-refractivity contribution in [1.29, 1.82) is 0 Å². The van der Waals surface area contributed by atoms with Gasteiger partial charge in [0.25, 0.3) is 0 Å².